The average molecular weight is 291 g/mol. The van der Waals surface area contributed by atoms with E-state index in [1.807, 2.05) is 0 Å². The molecule has 0 saturated heterocycles. The van der Waals surface area contributed by atoms with Crippen LogP contribution in [0.5, 0.6) is 5.75 Å². The van der Waals surface area contributed by atoms with Crippen molar-refractivity contribution in [1.82, 2.24) is 15.2 Å². The third-order valence-corrected chi connectivity index (χ3v) is 3.80. The van der Waals surface area contributed by atoms with Crippen molar-refractivity contribution < 1.29 is 17.8 Å². The smallest absolute Gasteiger partial charge is 0.358 e. The number of hydrogen-bond acceptors (Lipinski definition) is 6. The summed E-state index contributed by atoms with van der Waals surface area (Å²) < 4.78 is 29.0. The average Bonchev–Trinajstić information content (AvgIpc) is 2.82. The van der Waals surface area contributed by atoms with Gasteiger partial charge in [-0.25, -0.2) is 0 Å². The van der Waals surface area contributed by atoms with Crippen LogP contribution in [0, 0.1) is 0 Å². The molecule has 0 unspecified atom stereocenters. The van der Waals surface area contributed by atoms with Gasteiger partial charge >= 0.3 is 10.1 Å². The molecule has 0 saturated carbocycles. The van der Waals surface area contributed by atoms with Crippen LogP contribution in [0.4, 0.5) is 0 Å². The third-order valence-electron chi connectivity index (χ3n) is 2.62. The molecule has 1 heterocycles. The van der Waals surface area contributed by atoms with Crippen molar-refractivity contribution in [1.29, 1.82) is 0 Å². The molecule has 3 rings (SSSR count). The fourth-order valence-electron chi connectivity index (χ4n) is 1.65. The first-order chi connectivity index (χ1) is 9.56. The molecule has 20 heavy (non-hydrogen) atoms. The Bertz CT molecular complexity index is 856. The maximum atomic E-state index is 12.1. The highest BCUT2D eigenvalue weighted by molar-refractivity contribution is 7.87. The second-order valence-corrected chi connectivity index (χ2v) is 5.50. The lowest BCUT2D eigenvalue weighted by Gasteiger charge is -2.05. The molecule has 0 amide bonds. The van der Waals surface area contributed by atoms with Gasteiger partial charge in [-0.15, -0.1) is 5.10 Å². The number of fused-ring (bicyclic) bond motifs is 1. The molecule has 0 bridgehead atoms. The van der Waals surface area contributed by atoms with Crippen LogP contribution >= 0.6 is 0 Å². The van der Waals surface area contributed by atoms with Gasteiger partial charge in [0.15, 0.2) is 0 Å². The van der Waals surface area contributed by atoms with Gasteiger partial charge in [0.05, 0.1) is 0 Å². The molecule has 0 fully saturated rings. The number of phenols is 1. The summed E-state index contributed by atoms with van der Waals surface area (Å²) in [5.74, 6) is -0.0323. The Morgan fingerprint density at radius 2 is 1.75 bits per heavy atom. The van der Waals surface area contributed by atoms with Gasteiger partial charge < -0.3 is 5.11 Å². The highest BCUT2D eigenvalue weighted by atomic mass is 32.2. The maximum absolute atomic E-state index is 12.1. The molecule has 0 radical (unpaired) electrons. The van der Waals surface area contributed by atoms with E-state index in [0.29, 0.717) is 11.0 Å². The van der Waals surface area contributed by atoms with Crippen molar-refractivity contribution in [3.63, 3.8) is 0 Å². The molecule has 0 atom stereocenters. The summed E-state index contributed by atoms with van der Waals surface area (Å²) in [6.07, 6.45) is 0. The monoisotopic (exact) mass is 291 g/mol. The minimum Gasteiger partial charge on any atom is -0.508 e. The largest absolute Gasteiger partial charge is 0.508 e. The number of phenolic OH excluding ortho intramolecular Hbond substituents is 1. The summed E-state index contributed by atoms with van der Waals surface area (Å²) in [7, 11) is -4.04. The van der Waals surface area contributed by atoms with Crippen LogP contribution in [0.3, 0.4) is 0 Å². The second-order valence-electron chi connectivity index (χ2n) is 3.97. The van der Waals surface area contributed by atoms with E-state index in [4.69, 9.17) is 9.39 Å². The van der Waals surface area contributed by atoms with Crippen LogP contribution in [0.2, 0.25) is 0 Å². The summed E-state index contributed by atoms with van der Waals surface area (Å²) >= 11 is 0. The number of aromatic hydroxyl groups is 1. The van der Waals surface area contributed by atoms with Gasteiger partial charge in [0.2, 0.25) is 0 Å². The van der Waals surface area contributed by atoms with Gasteiger partial charge in [0, 0.05) is 0 Å². The van der Waals surface area contributed by atoms with E-state index in [2.05, 4.69) is 10.3 Å². The van der Waals surface area contributed by atoms with E-state index in [0.717, 1.165) is 4.85 Å². The van der Waals surface area contributed by atoms with Gasteiger partial charge in [0.1, 0.15) is 21.7 Å². The highest BCUT2D eigenvalue weighted by Crippen LogP contribution is 2.16. The van der Waals surface area contributed by atoms with Crippen molar-refractivity contribution in [2.45, 2.75) is 4.90 Å². The Labute approximate surface area is 114 Å². The number of nitrogens with zero attached hydrogens (tertiary/aromatic N) is 3. The summed E-state index contributed by atoms with van der Waals surface area (Å²) in [6.45, 7) is 0. The van der Waals surface area contributed by atoms with Gasteiger partial charge in [-0.05, 0) is 41.6 Å². The van der Waals surface area contributed by atoms with Crippen molar-refractivity contribution in [2.24, 2.45) is 0 Å². The quantitative estimate of drug-likeness (QED) is 0.772. The Kier molecular flexibility index (Phi) is 2.79. The normalized spacial score (nSPS) is 11.6. The number of para-hydroxylation sites is 1. The molecule has 102 valence electrons. The van der Waals surface area contributed by atoms with E-state index < -0.39 is 10.1 Å². The number of hydrogen-bond donors (Lipinski definition) is 1. The Morgan fingerprint density at radius 3 is 2.50 bits per heavy atom. The van der Waals surface area contributed by atoms with E-state index in [1.165, 1.54) is 24.3 Å². The summed E-state index contributed by atoms with van der Waals surface area (Å²) in [4.78, 5) is 0.757. The SMILES string of the molecule is O=S(=O)(On1nnc2ccccc21)c1ccc(O)cc1. The predicted molar refractivity (Wildman–Crippen MR) is 69.4 cm³/mol. The number of aromatic nitrogens is 3. The molecule has 3 aromatic rings. The van der Waals surface area contributed by atoms with Crippen LogP contribution in [-0.4, -0.2) is 28.7 Å². The molecule has 1 aromatic heterocycles. The van der Waals surface area contributed by atoms with Crippen LogP contribution in [0.1, 0.15) is 0 Å². The van der Waals surface area contributed by atoms with E-state index >= 15 is 0 Å². The molecule has 0 aliphatic carbocycles. The Hall–Kier alpha value is -2.61. The minimum atomic E-state index is -4.04. The zero-order valence-electron chi connectivity index (χ0n) is 10.0. The van der Waals surface area contributed by atoms with E-state index in [-0.39, 0.29) is 10.6 Å². The lowest BCUT2D eigenvalue weighted by Crippen LogP contribution is -2.21. The zero-order chi connectivity index (χ0) is 14.2. The number of rotatable bonds is 3. The van der Waals surface area contributed by atoms with Gasteiger partial charge in [0.25, 0.3) is 0 Å². The molecule has 0 aliphatic rings. The topological polar surface area (TPSA) is 94.3 Å². The van der Waals surface area contributed by atoms with Crippen molar-refractivity contribution >= 4 is 21.2 Å². The minimum absolute atomic E-state index is 0.0323. The zero-order valence-corrected chi connectivity index (χ0v) is 10.9. The Balaban J connectivity index is 1.99. The molecule has 0 aliphatic heterocycles. The predicted octanol–water partition coefficient (Wildman–Crippen LogP) is 0.954. The molecule has 8 heteroatoms. The first-order valence-electron chi connectivity index (χ1n) is 5.61. The van der Waals surface area contributed by atoms with Crippen LogP contribution in [-0.2, 0) is 10.1 Å². The number of benzene rings is 2. The van der Waals surface area contributed by atoms with Gasteiger partial charge in [-0.1, -0.05) is 17.0 Å². The molecule has 7 nitrogen and oxygen atoms in total. The third kappa shape index (κ3) is 2.16. The molecular formula is C12H9N3O4S. The van der Waals surface area contributed by atoms with E-state index in [9.17, 15) is 8.42 Å². The highest BCUT2D eigenvalue weighted by Gasteiger charge is 2.19. The molecular weight excluding hydrogens is 282 g/mol. The summed E-state index contributed by atoms with van der Waals surface area (Å²) in [6, 6.07) is 11.8. The van der Waals surface area contributed by atoms with E-state index in [1.54, 1.807) is 24.3 Å². The van der Waals surface area contributed by atoms with Gasteiger partial charge in [-0.3, -0.25) is 4.28 Å². The second kappa shape index (κ2) is 4.49. The van der Waals surface area contributed by atoms with Crippen LogP contribution in [0.15, 0.2) is 53.4 Å². The lowest BCUT2D eigenvalue weighted by molar-refractivity contribution is 0.245. The molecule has 1 N–H and O–H groups in total. The lowest BCUT2D eigenvalue weighted by atomic mass is 10.3. The Morgan fingerprint density at radius 1 is 1.05 bits per heavy atom. The summed E-state index contributed by atoms with van der Waals surface area (Å²) in [5, 5.41) is 16.6. The standard InChI is InChI=1S/C12H9N3O4S/c16-9-5-7-10(8-6-9)20(17,18)19-15-12-4-2-1-3-11(12)13-14-15/h1-8,16H. The first kappa shape index (κ1) is 12.4. The van der Waals surface area contributed by atoms with Crippen LogP contribution in [0.25, 0.3) is 11.0 Å². The van der Waals surface area contributed by atoms with Crippen molar-refractivity contribution in [3.05, 3.63) is 48.5 Å². The van der Waals surface area contributed by atoms with Crippen molar-refractivity contribution in [3.8, 4) is 5.75 Å². The fraction of sp³-hybridized carbons (Fsp3) is 0. The fourth-order valence-corrected chi connectivity index (χ4v) is 2.50. The molecule has 2 aromatic carbocycles. The molecule has 0 spiro atoms. The van der Waals surface area contributed by atoms with Crippen molar-refractivity contribution in [2.75, 3.05) is 0 Å². The van der Waals surface area contributed by atoms with Crippen LogP contribution < -0.4 is 4.28 Å². The maximum Gasteiger partial charge on any atom is 0.358 e. The summed E-state index contributed by atoms with van der Waals surface area (Å²) in [5.41, 5.74) is 0.961. The van der Waals surface area contributed by atoms with Gasteiger partial charge in [-0.2, -0.15) is 8.42 Å². The first-order valence-corrected chi connectivity index (χ1v) is 7.01.